The predicted octanol–water partition coefficient (Wildman–Crippen LogP) is 3.30. The Balaban J connectivity index is 0.00000192. The molecular weight excluding hydrogens is 432 g/mol. The summed E-state index contributed by atoms with van der Waals surface area (Å²) in [6, 6.07) is 5.41. The third-order valence-electron chi connectivity index (χ3n) is 4.27. The van der Waals surface area contributed by atoms with Gasteiger partial charge in [-0.15, -0.1) is 24.0 Å². The molecular formula is C16H22ClFIN3O. The maximum absolute atomic E-state index is 13.9. The first kappa shape index (κ1) is 18.7. The summed E-state index contributed by atoms with van der Waals surface area (Å²) in [7, 11) is 1.75. The van der Waals surface area contributed by atoms with Crippen LogP contribution in [0.3, 0.4) is 0 Å². The molecule has 0 bridgehead atoms. The van der Waals surface area contributed by atoms with Gasteiger partial charge < -0.3 is 15.4 Å². The molecule has 2 N–H and O–H groups in total. The van der Waals surface area contributed by atoms with Crippen LogP contribution in [0, 0.1) is 5.82 Å². The Kier molecular flexibility index (Phi) is 6.91. The molecule has 23 heavy (non-hydrogen) atoms. The Morgan fingerprint density at radius 2 is 2.04 bits per heavy atom. The van der Waals surface area contributed by atoms with Crippen LogP contribution >= 0.6 is 35.6 Å². The standard InChI is InChI=1S/C16H21ClFN3O.HI/c1-19-16(20-10-5-7-22-8-6-10)21-14-9-11(14)15-12(17)3-2-4-13(15)18;/h2-4,10-11,14H,5-9H2,1H3,(H2,19,20,21);1H. The lowest BCUT2D eigenvalue weighted by Crippen LogP contribution is -2.46. The average molecular weight is 454 g/mol. The van der Waals surface area contributed by atoms with Crippen LogP contribution < -0.4 is 10.6 Å². The molecule has 1 saturated carbocycles. The van der Waals surface area contributed by atoms with Gasteiger partial charge in [0.25, 0.3) is 0 Å². The molecule has 0 aromatic heterocycles. The molecule has 1 aliphatic carbocycles. The monoisotopic (exact) mass is 453 g/mol. The molecule has 0 amide bonds. The van der Waals surface area contributed by atoms with E-state index in [1.165, 1.54) is 6.07 Å². The second-order valence-electron chi connectivity index (χ2n) is 5.83. The highest BCUT2D eigenvalue weighted by molar-refractivity contribution is 14.0. The van der Waals surface area contributed by atoms with E-state index < -0.39 is 0 Å². The van der Waals surface area contributed by atoms with E-state index in [1.54, 1.807) is 19.2 Å². The minimum Gasteiger partial charge on any atom is -0.381 e. The zero-order valence-corrected chi connectivity index (χ0v) is 16.1. The summed E-state index contributed by atoms with van der Waals surface area (Å²) in [6.07, 6.45) is 2.83. The van der Waals surface area contributed by atoms with Gasteiger partial charge in [0.1, 0.15) is 5.82 Å². The highest BCUT2D eigenvalue weighted by Gasteiger charge is 2.42. The van der Waals surface area contributed by atoms with Crippen molar-refractivity contribution >= 4 is 41.5 Å². The van der Waals surface area contributed by atoms with Crippen LogP contribution in [0.2, 0.25) is 5.02 Å². The van der Waals surface area contributed by atoms with Gasteiger partial charge in [0, 0.05) is 48.8 Å². The topological polar surface area (TPSA) is 45.7 Å². The summed E-state index contributed by atoms with van der Waals surface area (Å²) in [5.74, 6) is 0.656. The van der Waals surface area contributed by atoms with Crippen LogP contribution in [0.4, 0.5) is 4.39 Å². The summed E-state index contributed by atoms with van der Waals surface area (Å²) in [5, 5.41) is 7.28. The molecule has 0 spiro atoms. The lowest BCUT2D eigenvalue weighted by molar-refractivity contribution is 0.0822. The van der Waals surface area contributed by atoms with Gasteiger partial charge in [0.15, 0.2) is 5.96 Å². The zero-order valence-electron chi connectivity index (χ0n) is 13.0. The number of guanidine groups is 1. The SMILES string of the molecule is CN=C(NC1CCOCC1)NC1CC1c1c(F)cccc1Cl.I. The first-order valence-corrected chi connectivity index (χ1v) is 8.08. The highest BCUT2D eigenvalue weighted by atomic mass is 127. The molecule has 1 heterocycles. The van der Waals surface area contributed by atoms with E-state index in [9.17, 15) is 4.39 Å². The molecule has 7 heteroatoms. The Morgan fingerprint density at radius 1 is 1.30 bits per heavy atom. The van der Waals surface area contributed by atoms with Crippen molar-refractivity contribution in [3.05, 3.63) is 34.6 Å². The van der Waals surface area contributed by atoms with Crippen molar-refractivity contribution in [1.82, 2.24) is 10.6 Å². The van der Waals surface area contributed by atoms with Crippen LogP contribution in [0.25, 0.3) is 0 Å². The fourth-order valence-corrected chi connectivity index (χ4v) is 3.22. The molecule has 1 aliphatic heterocycles. The van der Waals surface area contributed by atoms with E-state index in [4.69, 9.17) is 16.3 Å². The quantitative estimate of drug-likeness (QED) is 0.419. The number of halogens is 3. The van der Waals surface area contributed by atoms with Gasteiger partial charge in [-0.1, -0.05) is 17.7 Å². The molecule has 1 aromatic carbocycles. The molecule has 0 radical (unpaired) electrons. The molecule has 2 unspecified atom stereocenters. The Hall–Kier alpha value is -0.600. The van der Waals surface area contributed by atoms with Gasteiger partial charge in [-0.05, 0) is 31.4 Å². The maximum atomic E-state index is 13.9. The number of nitrogens with one attached hydrogen (secondary N) is 2. The van der Waals surface area contributed by atoms with E-state index in [0.717, 1.165) is 38.4 Å². The summed E-state index contributed by atoms with van der Waals surface area (Å²) in [4.78, 5) is 4.26. The maximum Gasteiger partial charge on any atom is 0.191 e. The third kappa shape index (κ3) is 4.70. The number of hydrogen-bond acceptors (Lipinski definition) is 2. The van der Waals surface area contributed by atoms with Crippen molar-refractivity contribution in [2.45, 2.75) is 37.3 Å². The van der Waals surface area contributed by atoms with Crippen molar-refractivity contribution < 1.29 is 9.13 Å². The van der Waals surface area contributed by atoms with Gasteiger partial charge in [0.05, 0.1) is 0 Å². The molecule has 2 fully saturated rings. The number of aliphatic imine (C=N–C) groups is 1. The number of ether oxygens (including phenoxy) is 1. The van der Waals surface area contributed by atoms with Crippen LogP contribution in [-0.4, -0.2) is 38.3 Å². The van der Waals surface area contributed by atoms with Crippen molar-refractivity contribution in [2.75, 3.05) is 20.3 Å². The van der Waals surface area contributed by atoms with E-state index in [-0.39, 0.29) is 41.8 Å². The predicted molar refractivity (Wildman–Crippen MR) is 101 cm³/mol. The smallest absolute Gasteiger partial charge is 0.191 e. The molecule has 1 saturated heterocycles. The number of hydrogen-bond donors (Lipinski definition) is 2. The van der Waals surface area contributed by atoms with E-state index >= 15 is 0 Å². The lowest BCUT2D eigenvalue weighted by Gasteiger charge is -2.25. The van der Waals surface area contributed by atoms with Crippen LogP contribution in [0.1, 0.15) is 30.7 Å². The minimum absolute atomic E-state index is 0. The summed E-state index contributed by atoms with van der Waals surface area (Å²) in [6.45, 7) is 1.57. The largest absolute Gasteiger partial charge is 0.381 e. The number of benzene rings is 1. The average Bonchev–Trinajstić information content (AvgIpc) is 3.26. The summed E-state index contributed by atoms with van der Waals surface area (Å²) >= 11 is 6.13. The van der Waals surface area contributed by atoms with Crippen LogP contribution in [0.15, 0.2) is 23.2 Å². The second-order valence-corrected chi connectivity index (χ2v) is 6.24. The zero-order chi connectivity index (χ0) is 15.5. The van der Waals surface area contributed by atoms with Crippen molar-refractivity contribution in [3.8, 4) is 0 Å². The number of rotatable bonds is 3. The molecule has 128 valence electrons. The molecule has 1 aromatic rings. The van der Waals surface area contributed by atoms with Crippen LogP contribution in [0.5, 0.6) is 0 Å². The van der Waals surface area contributed by atoms with E-state index in [2.05, 4.69) is 15.6 Å². The Bertz CT molecular complexity index is 546. The van der Waals surface area contributed by atoms with Crippen molar-refractivity contribution in [3.63, 3.8) is 0 Å². The van der Waals surface area contributed by atoms with Crippen LogP contribution in [-0.2, 0) is 4.74 Å². The van der Waals surface area contributed by atoms with Crippen molar-refractivity contribution in [2.24, 2.45) is 4.99 Å². The second kappa shape index (κ2) is 8.48. The summed E-state index contributed by atoms with van der Waals surface area (Å²) in [5.41, 5.74) is 0.614. The minimum atomic E-state index is -0.228. The highest BCUT2D eigenvalue weighted by Crippen LogP contribution is 2.44. The van der Waals surface area contributed by atoms with E-state index in [0.29, 0.717) is 16.6 Å². The Morgan fingerprint density at radius 3 is 2.70 bits per heavy atom. The van der Waals surface area contributed by atoms with Crippen molar-refractivity contribution in [1.29, 1.82) is 0 Å². The Labute approximate surface area is 158 Å². The molecule has 2 aliphatic rings. The first-order chi connectivity index (χ1) is 10.7. The van der Waals surface area contributed by atoms with Gasteiger partial charge in [-0.25, -0.2) is 4.39 Å². The molecule has 3 rings (SSSR count). The van der Waals surface area contributed by atoms with Gasteiger partial charge >= 0.3 is 0 Å². The summed E-state index contributed by atoms with van der Waals surface area (Å²) < 4.78 is 19.3. The van der Waals surface area contributed by atoms with E-state index in [1.807, 2.05) is 0 Å². The fourth-order valence-electron chi connectivity index (χ4n) is 2.92. The first-order valence-electron chi connectivity index (χ1n) is 7.70. The molecule has 2 atom stereocenters. The van der Waals surface area contributed by atoms with Gasteiger partial charge in [0.2, 0.25) is 0 Å². The number of nitrogens with zero attached hydrogens (tertiary/aromatic N) is 1. The fraction of sp³-hybridized carbons (Fsp3) is 0.562. The normalized spacial score (nSPS) is 24.7. The molecule has 4 nitrogen and oxygen atoms in total. The lowest BCUT2D eigenvalue weighted by atomic mass is 10.1. The third-order valence-corrected chi connectivity index (χ3v) is 4.60. The van der Waals surface area contributed by atoms with Gasteiger partial charge in [-0.2, -0.15) is 0 Å². The van der Waals surface area contributed by atoms with Gasteiger partial charge in [-0.3, -0.25) is 4.99 Å².